The van der Waals surface area contributed by atoms with Gasteiger partial charge in [0.15, 0.2) is 0 Å². The fraction of sp³-hybridized carbons (Fsp3) is 0.263. The summed E-state index contributed by atoms with van der Waals surface area (Å²) in [7, 11) is 0. The number of hydrogen-bond acceptors (Lipinski definition) is 3. The number of anilines is 1. The largest absolute Gasteiger partial charge is 0.352 e. The van der Waals surface area contributed by atoms with Gasteiger partial charge < -0.3 is 16.4 Å². The van der Waals surface area contributed by atoms with E-state index in [9.17, 15) is 14.0 Å². The molecule has 5 nitrogen and oxygen atoms in total. The molecule has 0 saturated carbocycles. The van der Waals surface area contributed by atoms with E-state index in [0.29, 0.717) is 12.2 Å². The maximum atomic E-state index is 13.2. The number of carbonyl (C=O) groups is 2. The molecule has 2 rings (SSSR count). The number of carbonyl (C=O) groups excluding carboxylic acids is 2. The molecule has 4 N–H and O–H groups in total. The van der Waals surface area contributed by atoms with Gasteiger partial charge in [-0.15, -0.1) is 0 Å². The highest BCUT2D eigenvalue weighted by molar-refractivity contribution is 6.04. The Morgan fingerprint density at radius 2 is 1.84 bits per heavy atom. The SMILES string of the molecule is CC(N)C(C)C(=O)NCc1cccc(NC(=O)c2cccc(F)c2)c1. The van der Waals surface area contributed by atoms with E-state index in [0.717, 1.165) is 5.56 Å². The summed E-state index contributed by atoms with van der Waals surface area (Å²) in [4.78, 5) is 24.1. The first-order valence-corrected chi connectivity index (χ1v) is 8.06. The molecule has 0 saturated heterocycles. The van der Waals surface area contributed by atoms with E-state index >= 15 is 0 Å². The minimum absolute atomic E-state index is 0.121. The predicted molar refractivity (Wildman–Crippen MR) is 95.5 cm³/mol. The first kappa shape index (κ1) is 18.6. The second kappa shape index (κ2) is 8.39. The van der Waals surface area contributed by atoms with Crippen molar-refractivity contribution in [3.63, 3.8) is 0 Å². The van der Waals surface area contributed by atoms with E-state index < -0.39 is 11.7 Å². The molecule has 0 aromatic heterocycles. The van der Waals surface area contributed by atoms with E-state index in [1.807, 2.05) is 6.07 Å². The summed E-state index contributed by atoms with van der Waals surface area (Å²) in [6.45, 7) is 3.89. The summed E-state index contributed by atoms with van der Waals surface area (Å²) in [5, 5.41) is 5.53. The van der Waals surface area contributed by atoms with Crippen LogP contribution in [0.15, 0.2) is 48.5 Å². The molecule has 2 aromatic rings. The van der Waals surface area contributed by atoms with Gasteiger partial charge in [-0.3, -0.25) is 9.59 Å². The standard InChI is InChI=1S/C19H22FN3O2/c1-12(13(2)21)18(24)22-11-14-5-3-8-17(9-14)23-19(25)15-6-4-7-16(20)10-15/h3-10,12-13H,11,21H2,1-2H3,(H,22,24)(H,23,25). The summed E-state index contributed by atoms with van der Waals surface area (Å²) in [6, 6.07) is 12.4. The first-order valence-electron chi connectivity index (χ1n) is 8.06. The molecule has 0 radical (unpaired) electrons. The van der Waals surface area contributed by atoms with Crippen LogP contribution in [-0.2, 0) is 11.3 Å². The Morgan fingerprint density at radius 1 is 1.12 bits per heavy atom. The lowest BCUT2D eigenvalue weighted by atomic mass is 10.0. The number of nitrogens with two attached hydrogens (primary N) is 1. The number of rotatable bonds is 6. The molecule has 0 aliphatic rings. The molecule has 25 heavy (non-hydrogen) atoms. The topological polar surface area (TPSA) is 84.2 Å². The van der Waals surface area contributed by atoms with Crippen molar-refractivity contribution >= 4 is 17.5 Å². The highest BCUT2D eigenvalue weighted by atomic mass is 19.1. The molecular formula is C19H22FN3O2. The van der Waals surface area contributed by atoms with Crippen molar-refractivity contribution in [2.75, 3.05) is 5.32 Å². The normalized spacial score (nSPS) is 13.0. The van der Waals surface area contributed by atoms with E-state index in [-0.39, 0.29) is 23.4 Å². The van der Waals surface area contributed by atoms with Crippen LogP contribution in [0.1, 0.15) is 29.8 Å². The molecule has 132 valence electrons. The smallest absolute Gasteiger partial charge is 0.255 e. The van der Waals surface area contributed by atoms with Crippen LogP contribution >= 0.6 is 0 Å². The van der Waals surface area contributed by atoms with Crippen LogP contribution in [-0.4, -0.2) is 17.9 Å². The van der Waals surface area contributed by atoms with Crippen molar-refractivity contribution in [1.82, 2.24) is 5.32 Å². The van der Waals surface area contributed by atoms with Crippen LogP contribution in [0.25, 0.3) is 0 Å². The minimum Gasteiger partial charge on any atom is -0.352 e. The Balaban J connectivity index is 1.99. The Morgan fingerprint density at radius 3 is 2.52 bits per heavy atom. The van der Waals surface area contributed by atoms with Crippen molar-refractivity contribution < 1.29 is 14.0 Å². The maximum Gasteiger partial charge on any atom is 0.255 e. The van der Waals surface area contributed by atoms with E-state index in [1.165, 1.54) is 24.3 Å². The molecule has 0 spiro atoms. The number of halogens is 1. The average molecular weight is 343 g/mol. The molecule has 2 aromatic carbocycles. The fourth-order valence-electron chi connectivity index (χ4n) is 2.18. The summed E-state index contributed by atoms with van der Waals surface area (Å²) in [5.74, 6) is -1.27. The van der Waals surface area contributed by atoms with Gasteiger partial charge in [0.1, 0.15) is 5.82 Å². The van der Waals surface area contributed by atoms with E-state index in [2.05, 4.69) is 10.6 Å². The Labute approximate surface area is 146 Å². The highest BCUT2D eigenvalue weighted by Crippen LogP contribution is 2.13. The summed E-state index contributed by atoms with van der Waals surface area (Å²) in [5.41, 5.74) is 7.36. The molecular weight excluding hydrogens is 321 g/mol. The van der Waals surface area contributed by atoms with Crippen LogP contribution in [0.3, 0.4) is 0 Å². The van der Waals surface area contributed by atoms with Gasteiger partial charge in [0, 0.05) is 29.8 Å². The maximum absolute atomic E-state index is 13.2. The van der Waals surface area contributed by atoms with Crippen LogP contribution in [0.2, 0.25) is 0 Å². The van der Waals surface area contributed by atoms with E-state index in [4.69, 9.17) is 5.73 Å². The minimum atomic E-state index is -0.465. The van der Waals surface area contributed by atoms with Crippen molar-refractivity contribution in [3.8, 4) is 0 Å². The molecule has 2 amide bonds. The van der Waals surface area contributed by atoms with Gasteiger partial charge in [-0.25, -0.2) is 4.39 Å². The van der Waals surface area contributed by atoms with Crippen LogP contribution in [0, 0.1) is 11.7 Å². The van der Waals surface area contributed by atoms with Gasteiger partial charge >= 0.3 is 0 Å². The van der Waals surface area contributed by atoms with Crippen molar-refractivity contribution in [2.24, 2.45) is 11.7 Å². The van der Waals surface area contributed by atoms with Gasteiger partial charge in [0.25, 0.3) is 5.91 Å². The molecule has 0 bridgehead atoms. The van der Waals surface area contributed by atoms with Crippen molar-refractivity contribution in [3.05, 3.63) is 65.5 Å². The lowest BCUT2D eigenvalue weighted by Gasteiger charge is -2.15. The molecule has 2 unspecified atom stereocenters. The monoisotopic (exact) mass is 343 g/mol. The first-order chi connectivity index (χ1) is 11.9. The van der Waals surface area contributed by atoms with Gasteiger partial charge in [-0.2, -0.15) is 0 Å². The highest BCUT2D eigenvalue weighted by Gasteiger charge is 2.16. The van der Waals surface area contributed by atoms with Crippen LogP contribution in [0.4, 0.5) is 10.1 Å². The molecule has 0 fully saturated rings. The van der Waals surface area contributed by atoms with Crippen LogP contribution in [0.5, 0.6) is 0 Å². The lowest BCUT2D eigenvalue weighted by molar-refractivity contribution is -0.125. The second-order valence-electron chi connectivity index (χ2n) is 6.03. The van der Waals surface area contributed by atoms with E-state index in [1.54, 1.807) is 32.0 Å². The quantitative estimate of drug-likeness (QED) is 0.754. The summed E-state index contributed by atoms with van der Waals surface area (Å²) < 4.78 is 13.2. The number of benzene rings is 2. The predicted octanol–water partition coefficient (Wildman–Crippen LogP) is 2.68. The van der Waals surface area contributed by atoms with Gasteiger partial charge in [-0.1, -0.05) is 25.1 Å². The lowest BCUT2D eigenvalue weighted by Crippen LogP contribution is -2.38. The zero-order valence-electron chi connectivity index (χ0n) is 14.3. The van der Waals surface area contributed by atoms with Crippen molar-refractivity contribution in [2.45, 2.75) is 26.4 Å². The van der Waals surface area contributed by atoms with Gasteiger partial charge in [0.05, 0.1) is 0 Å². The zero-order chi connectivity index (χ0) is 18.4. The third kappa shape index (κ3) is 5.39. The fourth-order valence-corrected chi connectivity index (χ4v) is 2.18. The molecule has 2 atom stereocenters. The number of hydrogen-bond donors (Lipinski definition) is 3. The molecule has 0 aliphatic heterocycles. The Hall–Kier alpha value is -2.73. The third-order valence-electron chi connectivity index (χ3n) is 3.94. The van der Waals surface area contributed by atoms with Crippen LogP contribution < -0.4 is 16.4 Å². The number of nitrogens with one attached hydrogen (secondary N) is 2. The van der Waals surface area contributed by atoms with Gasteiger partial charge in [-0.05, 0) is 42.8 Å². The number of amides is 2. The Bertz CT molecular complexity index is 762. The average Bonchev–Trinajstić information content (AvgIpc) is 2.59. The van der Waals surface area contributed by atoms with Gasteiger partial charge in [0.2, 0.25) is 5.91 Å². The summed E-state index contributed by atoms with van der Waals surface area (Å²) >= 11 is 0. The zero-order valence-corrected chi connectivity index (χ0v) is 14.3. The third-order valence-corrected chi connectivity index (χ3v) is 3.94. The Kier molecular flexibility index (Phi) is 6.25. The molecule has 0 aliphatic carbocycles. The van der Waals surface area contributed by atoms with Crippen molar-refractivity contribution in [1.29, 1.82) is 0 Å². The summed E-state index contributed by atoms with van der Waals surface area (Å²) in [6.07, 6.45) is 0. The second-order valence-corrected chi connectivity index (χ2v) is 6.03. The molecule has 0 heterocycles. The molecule has 6 heteroatoms.